The van der Waals surface area contributed by atoms with Gasteiger partial charge in [0.1, 0.15) is 13.2 Å². The number of Topliss-reactive ketones (excluding diaryl/α,β-unsaturated/α-hetero) is 2. The lowest BCUT2D eigenvalue weighted by Gasteiger charge is -2.34. The average molecular weight is 745 g/mol. The number of ketones is 2. The molecule has 288 valence electrons. The highest BCUT2D eigenvalue weighted by Gasteiger charge is 2.41. The number of carbonyl (C=O) groups excluding carboxylic acids is 4. The third kappa shape index (κ3) is 10.2. The summed E-state index contributed by atoms with van der Waals surface area (Å²) in [5, 5.41) is 23.2. The normalized spacial score (nSPS) is 22.0. The van der Waals surface area contributed by atoms with Crippen LogP contribution < -0.4 is 0 Å². The van der Waals surface area contributed by atoms with Crippen LogP contribution in [0.1, 0.15) is 102 Å². The second-order valence-corrected chi connectivity index (χ2v) is 15.6. The molecule has 2 N–H and O–H groups in total. The number of ether oxygens (including phenoxy) is 2. The number of carbonyl (C=O) groups is 4. The summed E-state index contributed by atoms with van der Waals surface area (Å²) in [6, 6.07) is 34.4. The van der Waals surface area contributed by atoms with E-state index >= 15 is 0 Å². The van der Waals surface area contributed by atoms with Crippen molar-refractivity contribution in [3.63, 3.8) is 0 Å². The smallest absolute Gasteiger partial charge is 0.306 e. The Labute approximate surface area is 323 Å². The Morgan fingerprint density at radius 3 is 1.07 bits per heavy atom. The van der Waals surface area contributed by atoms with Gasteiger partial charge in [0.15, 0.2) is 11.2 Å². The van der Waals surface area contributed by atoms with Crippen molar-refractivity contribution in [1.29, 1.82) is 0 Å². The molecular weight excluding hydrogens is 693 g/mol. The maximum absolute atomic E-state index is 13.4. The molecule has 2 aliphatic rings. The van der Waals surface area contributed by atoms with Crippen molar-refractivity contribution >= 4 is 23.5 Å². The molecule has 2 aliphatic carbocycles. The molecule has 55 heavy (non-hydrogen) atoms. The van der Waals surface area contributed by atoms with E-state index in [1.165, 1.54) is 0 Å². The minimum Gasteiger partial charge on any atom is -0.462 e. The maximum Gasteiger partial charge on any atom is 0.306 e. The van der Waals surface area contributed by atoms with Crippen LogP contribution in [0.5, 0.6) is 0 Å². The zero-order valence-corrected chi connectivity index (χ0v) is 31.4. The first-order chi connectivity index (χ1) is 26.6. The fraction of sp³-hybridized carbons (Fsp3) is 0.404. The zero-order valence-electron chi connectivity index (χ0n) is 31.4. The largest absolute Gasteiger partial charge is 0.462 e. The van der Waals surface area contributed by atoms with E-state index in [4.69, 9.17) is 9.47 Å². The minimum absolute atomic E-state index is 0.211. The molecule has 0 aromatic heterocycles. The van der Waals surface area contributed by atoms with E-state index in [1.54, 1.807) is 121 Å². The maximum atomic E-state index is 13.4. The Balaban J connectivity index is 0.911. The first-order valence-electron chi connectivity index (χ1n) is 19.7. The zero-order chi connectivity index (χ0) is 38.7. The second-order valence-electron chi connectivity index (χ2n) is 15.6. The second kappa shape index (κ2) is 18.6. The van der Waals surface area contributed by atoms with Crippen molar-refractivity contribution in [3.8, 4) is 0 Å². The quantitative estimate of drug-likeness (QED) is 0.0866. The van der Waals surface area contributed by atoms with E-state index < -0.39 is 47.9 Å². The lowest BCUT2D eigenvalue weighted by molar-refractivity contribution is -0.151. The molecule has 0 aliphatic heterocycles. The highest BCUT2D eigenvalue weighted by molar-refractivity contribution is 6.03. The molecule has 6 rings (SSSR count). The molecule has 4 aromatic rings. The van der Waals surface area contributed by atoms with Crippen LogP contribution >= 0.6 is 0 Å². The van der Waals surface area contributed by atoms with Gasteiger partial charge >= 0.3 is 11.9 Å². The predicted octanol–water partition coefficient (Wildman–Crippen LogP) is 8.40. The summed E-state index contributed by atoms with van der Waals surface area (Å²) in [4.78, 5) is 52.8. The number of benzene rings is 4. The van der Waals surface area contributed by atoms with Crippen LogP contribution in [-0.2, 0) is 30.3 Å². The van der Waals surface area contributed by atoms with Gasteiger partial charge in [0.2, 0.25) is 11.6 Å². The standard InChI is InChI=1S/C47H52O8/c48-42(54-32-46(52,40-17-9-3-10-18-40)44(50)38-13-5-1-6-14-38)30-36-25-21-34(22-26-36)29-35-23-27-37(28-24-35)31-43(49)55-33-47(53,41-19-11-4-12-20-41)45(51)39-15-7-2-8-16-39/h1-20,34-37,52-53H,21-33H2. The summed E-state index contributed by atoms with van der Waals surface area (Å²) in [5.74, 6) is -0.196. The fourth-order valence-electron chi connectivity index (χ4n) is 8.42. The molecular formula is C47H52O8. The van der Waals surface area contributed by atoms with Crippen LogP contribution in [0.25, 0.3) is 0 Å². The number of esters is 2. The number of rotatable bonds is 16. The van der Waals surface area contributed by atoms with E-state index in [2.05, 4.69) is 0 Å². The van der Waals surface area contributed by atoms with Gasteiger partial charge in [-0.1, -0.05) is 147 Å². The van der Waals surface area contributed by atoms with Crippen molar-refractivity contribution in [2.24, 2.45) is 23.7 Å². The third-order valence-electron chi connectivity index (χ3n) is 11.7. The molecule has 0 amide bonds. The van der Waals surface area contributed by atoms with Gasteiger partial charge in [0.05, 0.1) is 0 Å². The van der Waals surface area contributed by atoms with Crippen LogP contribution in [-0.4, -0.2) is 46.9 Å². The van der Waals surface area contributed by atoms with Gasteiger partial charge in [-0.15, -0.1) is 0 Å². The Hall–Kier alpha value is -4.92. The minimum atomic E-state index is -1.98. The molecule has 0 saturated heterocycles. The van der Waals surface area contributed by atoms with Crippen LogP contribution in [0, 0.1) is 23.7 Å². The molecule has 8 heteroatoms. The number of aliphatic hydroxyl groups is 2. The van der Waals surface area contributed by atoms with Crippen molar-refractivity contribution in [1.82, 2.24) is 0 Å². The van der Waals surface area contributed by atoms with E-state index in [-0.39, 0.29) is 24.7 Å². The summed E-state index contributed by atoms with van der Waals surface area (Å²) < 4.78 is 11.2. The van der Waals surface area contributed by atoms with E-state index in [0.717, 1.165) is 57.8 Å². The number of hydrogen-bond donors (Lipinski definition) is 2. The van der Waals surface area contributed by atoms with Crippen LogP contribution in [0.15, 0.2) is 121 Å². The van der Waals surface area contributed by atoms with Gasteiger partial charge < -0.3 is 19.7 Å². The summed E-state index contributed by atoms with van der Waals surface area (Å²) in [6.07, 6.45) is 9.64. The van der Waals surface area contributed by atoms with Crippen molar-refractivity contribution in [2.45, 2.75) is 81.8 Å². The summed E-state index contributed by atoms with van der Waals surface area (Å²) in [5.41, 5.74) is -2.50. The Morgan fingerprint density at radius 1 is 0.455 bits per heavy atom. The lowest BCUT2D eigenvalue weighted by Crippen LogP contribution is -2.41. The lowest BCUT2D eigenvalue weighted by atomic mass is 9.72. The van der Waals surface area contributed by atoms with Gasteiger partial charge in [-0.05, 0) is 66.9 Å². The Bertz CT molecular complexity index is 1710. The molecule has 0 spiro atoms. The van der Waals surface area contributed by atoms with Crippen LogP contribution in [0.2, 0.25) is 0 Å². The fourth-order valence-corrected chi connectivity index (χ4v) is 8.42. The number of hydrogen-bond acceptors (Lipinski definition) is 8. The molecule has 0 bridgehead atoms. The molecule has 4 aromatic carbocycles. The molecule has 2 fully saturated rings. The van der Waals surface area contributed by atoms with Gasteiger partial charge in [0, 0.05) is 24.0 Å². The molecule has 2 saturated carbocycles. The van der Waals surface area contributed by atoms with Crippen molar-refractivity contribution in [2.75, 3.05) is 13.2 Å². The SMILES string of the molecule is O=C(CC1CCC(CC2CCC(CC(=O)OCC(O)(C(=O)c3ccccc3)c3ccccc3)CC2)CC1)OCC(O)(C(=O)c1ccccc1)c1ccccc1. The molecule has 8 nitrogen and oxygen atoms in total. The Kier molecular flexibility index (Phi) is 13.5. The first-order valence-corrected chi connectivity index (χ1v) is 19.7. The van der Waals surface area contributed by atoms with Gasteiger partial charge in [-0.2, -0.15) is 0 Å². The predicted molar refractivity (Wildman–Crippen MR) is 209 cm³/mol. The Morgan fingerprint density at radius 2 is 0.745 bits per heavy atom. The first kappa shape index (κ1) is 39.8. The monoisotopic (exact) mass is 744 g/mol. The van der Waals surface area contributed by atoms with Crippen molar-refractivity contribution in [3.05, 3.63) is 144 Å². The molecule has 2 unspecified atom stereocenters. The van der Waals surface area contributed by atoms with E-state index in [0.29, 0.717) is 34.1 Å². The molecule has 2 atom stereocenters. The highest BCUT2D eigenvalue weighted by atomic mass is 16.5. The summed E-state index contributed by atoms with van der Waals surface area (Å²) in [6.45, 7) is -0.883. The average Bonchev–Trinajstić information content (AvgIpc) is 3.24. The van der Waals surface area contributed by atoms with Crippen LogP contribution in [0.4, 0.5) is 0 Å². The van der Waals surface area contributed by atoms with Crippen molar-refractivity contribution < 1.29 is 38.9 Å². The van der Waals surface area contributed by atoms with Gasteiger partial charge in [-0.3, -0.25) is 19.2 Å². The molecule has 0 radical (unpaired) electrons. The topological polar surface area (TPSA) is 127 Å². The summed E-state index contributed by atoms with van der Waals surface area (Å²) >= 11 is 0. The van der Waals surface area contributed by atoms with Gasteiger partial charge in [-0.25, -0.2) is 0 Å². The van der Waals surface area contributed by atoms with Crippen LogP contribution in [0.3, 0.4) is 0 Å². The highest BCUT2D eigenvalue weighted by Crippen LogP contribution is 2.40. The summed E-state index contributed by atoms with van der Waals surface area (Å²) in [7, 11) is 0. The third-order valence-corrected chi connectivity index (χ3v) is 11.7. The van der Waals surface area contributed by atoms with E-state index in [9.17, 15) is 29.4 Å². The van der Waals surface area contributed by atoms with Gasteiger partial charge in [0.25, 0.3) is 0 Å². The molecule has 0 heterocycles. The van der Waals surface area contributed by atoms with E-state index in [1.807, 2.05) is 0 Å².